The Morgan fingerprint density at radius 1 is 1.23 bits per heavy atom. The number of halogens is 3. The largest absolute Gasteiger partial charge is 0.424 e. The third-order valence-corrected chi connectivity index (χ3v) is 1.31. The monoisotopic (exact) mass is 195 g/mol. The van der Waals surface area contributed by atoms with Gasteiger partial charge in [-0.3, -0.25) is 0 Å². The number of nitrogens with two attached hydrogens (primary N) is 1. The van der Waals surface area contributed by atoms with Crippen molar-refractivity contribution < 1.29 is 17.6 Å². The van der Waals surface area contributed by atoms with Gasteiger partial charge in [-0.05, 0) is 0 Å². The Kier molecular flexibility index (Phi) is 2.86. The van der Waals surface area contributed by atoms with E-state index in [2.05, 4.69) is 10.2 Å². The van der Waals surface area contributed by atoms with Gasteiger partial charge in [0, 0.05) is 6.42 Å². The van der Waals surface area contributed by atoms with Gasteiger partial charge < -0.3 is 10.2 Å². The molecule has 4 nitrogen and oxygen atoms in total. The minimum Gasteiger partial charge on any atom is -0.424 e. The zero-order valence-corrected chi connectivity index (χ0v) is 6.64. The maximum Gasteiger partial charge on any atom is 0.389 e. The predicted octanol–water partition coefficient (Wildman–Crippen LogP) is 1.02. The SMILES string of the molecule is NCc1nnc(CCC(F)(F)F)o1. The van der Waals surface area contributed by atoms with Crippen LogP contribution in [0.2, 0.25) is 0 Å². The molecule has 1 rings (SSSR count). The number of rotatable bonds is 3. The molecule has 74 valence electrons. The van der Waals surface area contributed by atoms with Crippen molar-refractivity contribution in [3.63, 3.8) is 0 Å². The molecule has 0 atom stereocenters. The van der Waals surface area contributed by atoms with E-state index in [0.29, 0.717) is 0 Å². The van der Waals surface area contributed by atoms with E-state index in [1.807, 2.05) is 0 Å². The third-order valence-electron chi connectivity index (χ3n) is 1.31. The molecular formula is C6H8F3N3O. The predicted molar refractivity (Wildman–Crippen MR) is 36.6 cm³/mol. The average molecular weight is 195 g/mol. The summed E-state index contributed by atoms with van der Waals surface area (Å²) < 4.78 is 39.9. The summed E-state index contributed by atoms with van der Waals surface area (Å²) in [6.45, 7) is 0.0407. The fourth-order valence-corrected chi connectivity index (χ4v) is 0.721. The molecule has 2 N–H and O–H groups in total. The van der Waals surface area contributed by atoms with E-state index in [0.717, 1.165) is 0 Å². The smallest absolute Gasteiger partial charge is 0.389 e. The quantitative estimate of drug-likeness (QED) is 0.782. The summed E-state index contributed by atoms with van der Waals surface area (Å²) >= 11 is 0. The summed E-state index contributed by atoms with van der Waals surface area (Å²) in [6, 6.07) is 0. The first-order valence-electron chi connectivity index (χ1n) is 3.59. The lowest BCUT2D eigenvalue weighted by Crippen LogP contribution is -2.08. The van der Waals surface area contributed by atoms with Gasteiger partial charge in [0.05, 0.1) is 13.0 Å². The molecule has 13 heavy (non-hydrogen) atoms. The molecule has 0 spiro atoms. The highest BCUT2D eigenvalue weighted by molar-refractivity contribution is 4.81. The van der Waals surface area contributed by atoms with Crippen LogP contribution in [-0.2, 0) is 13.0 Å². The standard InChI is InChI=1S/C6H8F3N3O/c7-6(8,9)2-1-4-11-12-5(3-10)13-4/h1-3,10H2. The molecule has 0 saturated heterocycles. The van der Waals surface area contributed by atoms with Gasteiger partial charge in [0.15, 0.2) is 0 Å². The summed E-state index contributed by atoms with van der Waals surface area (Å²) in [6.07, 6.45) is -5.45. The average Bonchev–Trinajstić information content (AvgIpc) is 2.47. The van der Waals surface area contributed by atoms with Gasteiger partial charge in [0.1, 0.15) is 0 Å². The van der Waals surface area contributed by atoms with E-state index in [1.165, 1.54) is 0 Å². The van der Waals surface area contributed by atoms with Crippen LogP contribution in [0.4, 0.5) is 13.2 Å². The van der Waals surface area contributed by atoms with Crippen LogP contribution >= 0.6 is 0 Å². The normalized spacial score (nSPS) is 12.0. The van der Waals surface area contributed by atoms with E-state index < -0.39 is 12.6 Å². The Balaban J connectivity index is 2.46. The van der Waals surface area contributed by atoms with Crippen molar-refractivity contribution in [2.75, 3.05) is 0 Å². The molecule has 0 aliphatic rings. The second-order valence-electron chi connectivity index (χ2n) is 2.41. The molecular weight excluding hydrogens is 187 g/mol. The van der Waals surface area contributed by atoms with E-state index in [-0.39, 0.29) is 24.7 Å². The number of alkyl halides is 3. The number of hydrogen-bond donors (Lipinski definition) is 1. The highest BCUT2D eigenvalue weighted by Gasteiger charge is 2.27. The van der Waals surface area contributed by atoms with Crippen molar-refractivity contribution >= 4 is 0 Å². The topological polar surface area (TPSA) is 64.9 Å². The van der Waals surface area contributed by atoms with Crippen molar-refractivity contribution in [2.45, 2.75) is 25.6 Å². The van der Waals surface area contributed by atoms with E-state index in [4.69, 9.17) is 10.2 Å². The lowest BCUT2D eigenvalue weighted by atomic mass is 10.3. The molecule has 0 aliphatic carbocycles. The highest BCUT2D eigenvalue weighted by Crippen LogP contribution is 2.21. The summed E-state index contributed by atoms with van der Waals surface area (Å²) in [5.74, 6) is 0.120. The molecule has 0 fully saturated rings. The first-order valence-corrected chi connectivity index (χ1v) is 3.59. The Labute approximate surface area is 71.9 Å². The second-order valence-corrected chi connectivity index (χ2v) is 2.41. The van der Waals surface area contributed by atoms with Gasteiger partial charge in [0.25, 0.3) is 0 Å². The van der Waals surface area contributed by atoms with Gasteiger partial charge in [0.2, 0.25) is 11.8 Å². The maximum atomic E-state index is 11.7. The van der Waals surface area contributed by atoms with Crippen molar-refractivity contribution in [3.8, 4) is 0 Å². The minimum absolute atomic E-state index is 0.0298. The molecule has 0 aromatic carbocycles. The Hall–Kier alpha value is -1.11. The van der Waals surface area contributed by atoms with Crippen LogP contribution < -0.4 is 5.73 Å². The molecule has 0 bridgehead atoms. The van der Waals surface area contributed by atoms with Crippen LogP contribution in [0.1, 0.15) is 18.2 Å². The van der Waals surface area contributed by atoms with Gasteiger partial charge in [-0.15, -0.1) is 10.2 Å². The third kappa shape index (κ3) is 3.41. The van der Waals surface area contributed by atoms with Gasteiger partial charge in [-0.1, -0.05) is 0 Å². The summed E-state index contributed by atoms with van der Waals surface area (Å²) in [4.78, 5) is 0. The Bertz CT molecular complexity index is 270. The van der Waals surface area contributed by atoms with E-state index in [9.17, 15) is 13.2 Å². The molecule has 1 aromatic rings. The zero-order chi connectivity index (χ0) is 9.90. The number of nitrogens with zero attached hydrogens (tertiary/aromatic N) is 2. The summed E-state index contributed by atoms with van der Waals surface area (Å²) in [7, 11) is 0. The first kappa shape index (κ1) is 9.97. The van der Waals surface area contributed by atoms with Crippen LogP contribution in [0.15, 0.2) is 4.42 Å². The van der Waals surface area contributed by atoms with Crippen LogP contribution in [0, 0.1) is 0 Å². The second kappa shape index (κ2) is 3.73. The Morgan fingerprint density at radius 2 is 1.85 bits per heavy atom. The fraction of sp³-hybridized carbons (Fsp3) is 0.667. The molecule has 0 unspecified atom stereocenters. The summed E-state index contributed by atoms with van der Waals surface area (Å²) in [5.41, 5.74) is 5.13. The lowest BCUT2D eigenvalue weighted by Gasteiger charge is -2.01. The highest BCUT2D eigenvalue weighted by atomic mass is 19.4. The summed E-state index contributed by atoms with van der Waals surface area (Å²) in [5, 5.41) is 6.82. The van der Waals surface area contributed by atoms with E-state index in [1.54, 1.807) is 0 Å². The minimum atomic E-state index is -4.20. The lowest BCUT2D eigenvalue weighted by molar-refractivity contribution is -0.134. The Morgan fingerprint density at radius 3 is 2.31 bits per heavy atom. The van der Waals surface area contributed by atoms with Crippen LogP contribution in [-0.4, -0.2) is 16.4 Å². The molecule has 0 radical (unpaired) electrons. The van der Waals surface area contributed by atoms with Gasteiger partial charge in [-0.25, -0.2) is 0 Å². The van der Waals surface area contributed by atoms with Crippen LogP contribution in [0.3, 0.4) is 0 Å². The number of aromatic nitrogens is 2. The molecule has 0 saturated carbocycles. The molecule has 0 aliphatic heterocycles. The van der Waals surface area contributed by atoms with Crippen molar-refractivity contribution in [1.29, 1.82) is 0 Å². The number of hydrogen-bond acceptors (Lipinski definition) is 4. The van der Waals surface area contributed by atoms with E-state index >= 15 is 0 Å². The van der Waals surface area contributed by atoms with Gasteiger partial charge in [-0.2, -0.15) is 13.2 Å². The molecule has 7 heteroatoms. The first-order chi connectivity index (χ1) is 6.01. The van der Waals surface area contributed by atoms with Crippen molar-refractivity contribution in [2.24, 2.45) is 5.73 Å². The molecule has 1 aromatic heterocycles. The zero-order valence-electron chi connectivity index (χ0n) is 6.64. The van der Waals surface area contributed by atoms with Crippen LogP contribution in [0.25, 0.3) is 0 Å². The molecule has 0 amide bonds. The van der Waals surface area contributed by atoms with Crippen molar-refractivity contribution in [1.82, 2.24) is 10.2 Å². The fourth-order valence-electron chi connectivity index (χ4n) is 0.721. The maximum absolute atomic E-state index is 11.7. The van der Waals surface area contributed by atoms with Crippen molar-refractivity contribution in [3.05, 3.63) is 11.8 Å². The number of aryl methyl sites for hydroxylation is 1. The van der Waals surface area contributed by atoms with Crippen LogP contribution in [0.5, 0.6) is 0 Å². The molecule has 1 heterocycles. The van der Waals surface area contributed by atoms with Gasteiger partial charge >= 0.3 is 6.18 Å².